The Labute approximate surface area is 96.2 Å². The van der Waals surface area contributed by atoms with Crippen molar-refractivity contribution in [2.75, 3.05) is 32.7 Å². The summed E-state index contributed by atoms with van der Waals surface area (Å²) in [4.78, 5) is 0. The van der Waals surface area contributed by atoms with Crippen molar-refractivity contribution in [1.29, 1.82) is 0 Å². The Kier molecular flexibility index (Phi) is 4.43. The van der Waals surface area contributed by atoms with Gasteiger partial charge in [0.1, 0.15) is 11.5 Å². The molecule has 0 aliphatic carbocycles. The number of aliphatic hydroxyl groups is 1. The fourth-order valence-electron chi connectivity index (χ4n) is 1.66. The van der Waals surface area contributed by atoms with Crippen LogP contribution in [0.1, 0.15) is 11.1 Å². The number of aliphatic hydroxyl groups excluding tert-OH is 1. The van der Waals surface area contributed by atoms with E-state index in [1.54, 1.807) is 14.2 Å². The van der Waals surface area contributed by atoms with Crippen LogP contribution in [0, 0.1) is 13.8 Å². The molecule has 0 fully saturated rings. The number of methoxy groups -OCH3 is 2. The molecule has 90 valence electrons. The van der Waals surface area contributed by atoms with Crippen molar-refractivity contribution in [1.82, 2.24) is 0 Å². The minimum atomic E-state index is 0.0817. The van der Waals surface area contributed by atoms with Gasteiger partial charge >= 0.3 is 0 Å². The molecular weight excluding hydrogens is 206 g/mol. The molecule has 16 heavy (non-hydrogen) atoms. The lowest BCUT2D eigenvalue weighted by atomic mass is 10.1. The second kappa shape index (κ2) is 5.61. The summed E-state index contributed by atoms with van der Waals surface area (Å²) >= 11 is 0. The molecule has 0 spiro atoms. The highest BCUT2D eigenvalue weighted by Crippen LogP contribution is 2.36. The van der Waals surface area contributed by atoms with E-state index < -0.39 is 0 Å². The van der Waals surface area contributed by atoms with Crippen LogP contribution in [0.2, 0.25) is 0 Å². The standard InChI is InChI=1S/C12H19NO3/c1-8-9(2)12(16-4)10(13-5-6-14)7-11(8)15-3/h7,13-14H,5-6H2,1-4H3. The maximum absolute atomic E-state index is 8.81. The zero-order chi connectivity index (χ0) is 12.1. The number of hydrogen-bond donors (Lipinski definition) is 2. The molecular formula is C12H19NO3. The summed E-state index contributed by atoms with van der Waals surface area (Å²) in [5, 5.41) is 11.9. The van der Waals surface area contributed by atoms with Crippen LogP contribution in [-0.4, -0.2) is 32.5 Å². The van der Waals surface area contributed by atoms with E-state index >= 15 is 0 Å². The first kappa shape index (κ1) is 12.6. The number of benzene rings is 1. The van der Waals surface area contributed by atoms with Crippen LogP contribution >= 0.6 is 0 Å². The van der Waals surface area contributed by atoms with Gasteiger partial charge in [-0.1, -0.05) is 0 Å². The van der Waals surface area contributed by atoms with Crippen molar-refractivity contribution in [3.8, 4) is 11.5 Å². The Bertz CT molecular complexity index is 364. The number of ether oxygens (including phenoxy) is 2. The zero-order valence-electron chi connectivity index (χ0n) is 10.3. The summed E-state index contributed by atoms with van der Waals surface area (Å²) in [7, 11) is 3.28. The SMILES string of the molecule is COc1cc(NCCO)c(OC)c(C)c1C. The molecule has 0 atom stereocenters. The number of nitrogens with one attached hydrogen (secondary N) is 1. The van der Waals surface area contributed by atoms with E-state index in [4.69, 9.17) is 14.6 Å². The first-order valence-electron chi connectivity index (χ1n) is 5.22. The van der Waals surface area contributed by atoms with Gasteiger partial charge in [0.2, 0.25) is 0 Å². The smallest absolute Gasteiger partial charge is 0.145 e. The van der Waals surface area contributed by atoms with Crippen molar-refractivity contribution >= 4 is 5.69 Å². The summed E-state index contributed by atoms with van der Waals surface area (Å²) in [6.07, 6.45) is 0. The molecule has 4 heteroatoms. The molecule has 0 amide bonds. The lowest BCUT2D eigenvalue weighted by molar-refractivity contribution is 0.310. The number of anilines is 1. The molecule has 0 saturated heterocycles. The topological polar surface area (TPSA) is 50.7 Å². The highest BCUT2D eigenvalue weighted by atomic mass is 16.5. The first-order chi connectivity index (χ1) is 7.65. The van der Waals surface area contributed by atoms with E-state index in [-0.39, 0.29) is 6.61 Å². The lowest BCUT2D eigenvalue weighted by Gasteiger charge is -2.17. The van der Waals surface area contributed by atoms with Crippen LogP contribution in [0.4, 0.5) is 5.69 Å². The quantitative estimate of drug-likeness (QED) is 0.801. The molecule has 0 saturated carbocycles. The van der Waals surface area contributed by atoms with Crippen molar-refractivity contribution < 1.29 is 14.6 Å². The van der Waals surface area contributed by atoms with E-state index in [1.165, 1.54) is 0 Å². The predicted octanol–water partition coefficient (Wildman–Crippen LogP) is 1.72. The summed E-state index contributed by atoms with van der Waals surface area (Å²) in [6, 6.07) is 1.89. The van der Waals surface area contributed by atoms with Crippen LogP contribution in [0.5, 0.6) is 11.5 Å². The van der Waals surface area contributed by atoms with Gasteiger partial charge < -0.3 is 19.9 Å². The average molecular weight is 225 g/mol. The van der Waals surface area contributed by atoms with Gasteiger partial charge in [0, 0.05) is 12.6 Å². The Morgan fingerprint density at radius 2 is 1.88 bits per heavy atom. The van der Waals surface area contributed by atoms with Crippen molar-refractivity contribution in [2.45, 2.75) is 13.8 Å². The van der Waals surface area contributed by atoms with E-state index in [9.17, 15) is 0 Å². The highest BCUT2D eigenvalue weighted by molar-refractivity contribution is 5.66. The summed E-state index contributed by atoms with van der Waals surface area (Å²) < 4.78 is 10.6. The van der Waals surface area contributed by atoms with Crippen LogP contribution < -0.4 is 14.8 Å². The Balaban J connectivity index is 3.18. The monoisotopic (exact) mass is 225 g/mol. The largest absolute Gasteiger partial charge is 0.496 e. The third-order valence-electron chi connectivity index (χ3n) is 2.64. The minimum absolute atomic E-state index is 0.0817. The highest BCUT2D eigenvalue weighted by Gasteiger charge is 2.13. The fourth-order valence-corrected chi connectivity index (χ4v) is 1.66. The molecule has 1 aromatic rings. The van der Waals surface area contributed by atoms with E-state index in [0.29, 0.717) is 6.54 Å². The Morgan fingerprint density at radius 1 is 1.19 bits per heavy atom. The predicted molar refractivity (Wildman–Crippen MR) is 64.6 cm³/mol. The zero-order valence-corrected chi connectivity index (χ0v) is 10.3. The van der Waals surface area contributed by atoms with Gasteiger partial charge in [0.15, 0.2) is 0 Å². The van der Waals surface area contributed by atoms with Gasteiger partial charge in [-0.05, 0) is 25.0 Å². The van der Waals surface area contributed by atoms with Crippen LogP contribution in [0.3, 0.4) is 0 Å². The first-order valence-corrected chi connectivity index (χ1v) is 5.22. The van der Waals surface area contributed by atoms with Crippen molar-refractivity contribution in [3.05, 3.63) is 17.2 Å². The lowest BCUT2D eigenvalue weighted by Crippen LogP contribution is -2.08. The second-order valence-electron chi connectivity index (χ2n) is 3.56. The van der Waals surface area contributed by atoms with Gasteiger partial charge in [-0.2, -0.15) is 0 Å². The van der Waals surface area contributed by atoms with Crippen LogP contribution in [0.15, 0.2) is 6.07 Å². The van der Waals surface area contributed by atoms with Crippen LogP contribution in [0.25, 0.3) is 0 Å². The van der Waals surface area contributed by atoms with Gasteiger partial charge in [0.25, 0.3) is 0 Å². The average Bonchev–Trinajstić information content (AvgIpc) is 2.30. The number of rotatable bonds is 5. The normalized spacial score (nSPS) is 10.1. The minimum Gasteiger partial charge on any atom is -0.496 e. The van der Waals surface area contributed by atoms with Crippen molar-refractivity contribution in [3.63, 3.8) is 0 Å². The maximum Gasteiger partial charge on any atom is 0.145 e. The summed E-state index contributed by atoms with van der Waals surface area (Å²) in [5.41, 5.74) is 2.95. The molecule has 0 unspecified atom stereocenters. The van der Waals surface area contributed by atoms with E-state index in [1.807, 2.05) is 19.9 Å². The Morgan fingerprint density at radius 3 is 2.38 bits per heavy atom. The molecule has 0 aliphatic heterocycles. The molecule has 2 N–H and O–H groups in total. The number of hydrogen-bond acceptors (Lipinski definition) is 4. The third kappa shape index (κ3) is 2.39. The van der Waals surface area contributed by atoms with Gasteiger partial charge in [-0.3, -0.25) is 0 Å². The molecule has 0 aromatic heterocycles. The molecule has 0 aliphatic rings. The molecule has 0 bridgehead atoms. The van der Waals surface area contributed by atoms with Crippen LogP contribution in [-0.2, 0) is 0 Å². The second-order valence-corrected chi connectivity index (χ2v) is 3.56. The summed E-state index contributed by atoms with van der Waals surface area (Å²) in [6.45, 7) is 4.55. The third-order valence-corrected chi connectivity index (χ3v) is 2.64. The van der Waals surface area contributed by atoms with E-state index in [0.717, 1.165) is 28.3 Å². The van der Waals surface area contributed by atoms with Gasteiger partial charge in [-0.15, -0.1) is 0 Å². The van der Waals surface area contributed by atoms with Gasteiger partial charge in [-0.25, -0.2) is 0 Å². The summed E-state index contributed by atoms with van der Waals surface area (Å²) in [5.74, 6) is 1.62. The van der Waals surface area contributed by atoms with Gasteiger partial charge in [0.05, 0.1) is 26.5 Å². The molecule has 1 rings (SSSR count). The molecule has 0 heterocycles. The molecule has 0 radical (unpaired) electrons. The maximum atomic E-state index is 8.81. The van der Waals surface area contributed by atoms with Crippen molar-refractivity contribution in [2.24, 2.45) is 0 Å². The Hall–Kier alpha value is -1.42. The molecule has 4 nitrogen and oxygen atoms in total. The van der Waals surface area contributed by atoms with E-state index in [2.05, 4.69) is 5.32 Å². The molecule has 1 aromatic carbocycles. The fraction of sp³-hybridized carbons (Fsp3) is 0.500.